The Kier molecular flexibility index (Phi) is 6.49. The standard InChI is InChI=1S/C25H24N4O3S2/c1-16-7-5-11-28-22(16)27-21(26-14-18-10-6-12-32-18)19(23(28)30)13-20-24(31)29(25(33)34-20)15-17-8-3-2-4-9-17/h2-5,7-9,11,13,18,26H,6,10,12,14-15H2,1H3/b20-13-/t18-/m1/s1. The summed E-state index contributed by atoms with van der Waals surface area (Å²) in [5.74, 6) is 0.237. The quantitative estimate of drug-likeness (QED) is 0.412. The van der Waals surface area contributed by atoms with Crippen molar-refractivity contribution in [2.24, 2.45) is 0 Å². The van der Waals surface area contributed by atoms with Crippen LogP contribution in [-0.4, -0.2) is 43.8 Å². The van der Waals surface area contributed by atoms with Gasteiger partial charge >= 0.3 is 0 Å². The number of hydrogen-bond acceptors (Lipinski definition) is 7. The van der Waals surface area contributed by atoms with Gasteiger partial charge in [-0.3, -0.25) is 18.9 Å². The minimum absolute atomic E-state index is 0.0778. The van der Waals surface area contributed by atoms with E-state index in [9.17, 15) is 9.59 Å². The van der Waals surface area contributed by atoms with E-state index in [1.54, 1.807) is 17.2 Å². The number of rotatable bonds is 6. The number of aromatic nitrogens is 2. The van der Waals surface area contributed by atoms with Crippen LogP contribution in [0.25, 0.3) is 11.7 Å². The second-order valence-electron chi connectivity index (χ2n) is 8.33. The summed E-state index contributed by atoms with van der Waals surface area (Å²) in [5, 5.41) is 3.31. The zero-order chi connectivity index (χ0) is 23.7. The maximum atomic E-state index is 13.5. The van der Waals surface area contributed by atoms with Crippen molar-refractivity contribution in [1.29, 1.82) is 0 Å². The van der Waals surface area contributed by atoms with Gasteiger partial charge in [0.05, 0.1) is 23.1 Å². The Hall–Kier alpha value is -3.01. The van der Waals surface area contributed by atoms with E-state index in [1.807, 2.05) is 49.4 Å². The van der Waals surface area contributed by atoms with Crippen molar-refractivity contribution in [2.75, 3.05) is 18.5 Å². The van der Waals surface area contributed by atoms with Crippen LogP contribution in [0, 0.1) is 6.92 Å². The van der Waals surface area contributed by atoms with Gasteiger partial charge in [-0.25, -0.2) is 4.98 Å². The monoisotopic (exact) mass is 492 g/mol. The smallest absolute Gasteiger partial charge is 0.267 e. The van der Waals surface area contributed by atoms with Crippen LogP contribution in [0.4, 0.5) is 5.82 Å². The first-order valence-corrected chi connectivity index (χ1v) is 12.4. The van der Waals surface area contributed by atoms with Crippen molar-refractivity contribution in [1.82, 2.24) is 14.3 Å². The van der Waals surface area contributed by atoms with Gasteiger partial charge in [-0.15, -0.1) is 0 Å². The molecule has 2 saturated heterocycles. The van der Waals surface area contributed by atoms with Crippen LogP contribution in [-0.2, 0) is 16.1 Å². The lowest BCUT2D eigenvalue weighted by Gasteiger charge is -2.15. The number of anilines is 1. The zero-order valence-electron chi connectivity index (χ0n) is 18.7. The van der Waals surface area contributed by atoms with Gasteiger partial charge in [-0.05, 0) is 43.0 Å². The van der Waals surface area contributed by atoms with Crippen molar-refractivity contribution >= 4 is 51.7 Å². The SMILES string of the molecule is Cc1cccn2c(=O)c(/C=C3\SC(=S)N(Cc4ccccc4)C3=O)c(NC[C@H]3CCCO3)nc12. The van der Waals surface area contributed by atoms with Crippen LogP contribution in [0.1, 0.15) is 29.5 Å². The van der Waals surface area contributed by atoms with Crippen LogP contribution in [0.5, 0.6) is 0 Å². The van der Waals surface area contributed by atoms with E-state index in [0.717, 1.165) is 30.6 Å². The first-order valence-electron chi connectivity index (χ1n) is 11.2. The third-order valence-electron chi connectivity index (χ3n) is 5.94. The lowest BCUT2D eigenvalue weighted by Crippen LogP contribution is -2.27. The van der Waals surface area contributed by atoms with Gasteiger partial charge in [0.2, 0.25) is 0 Å². The Morgan fingerprint density at radius 2 is 2.06 bits per heavy atom. The first kappa shape index (κ1) is 22.8. The molecule has 0 spiro atoms. The molecule has 0 saturated carbocycles. The minimum atomic E-state index is -0.239. The third kappa shape index (κ3) is 4.51. The first-order chi connectivity index (χ1) is 16.5. The fraction of sp³-hybridized carbons (Fsp3) is 0.280. The number of benzene rings is 1. The summed E-state index contributed by atoms with van der Waals surface area (Å²) in [7, 11) is 0. The number of ether oxygens (including phenoxy) is 1. The van der Waals surface area contributed by atoms with Crippen molar-refractivity contribution in [2.45, 2.75) is 32.4 Å². The molecule has 174 valence electrons. The number of aryl methyl sites for hydroxylation is 1. The molecule has 1 amide bonds. The molecule has 5 rings (SSSR count). The van der Waals surface area contributed by atoms with Gasteiger partial charge in [0.1, 0.15) is 15.8 Å². The van der Waals surface area contributed by atoms with E-state index in [4.69, 9.17) is 21.9 Å². The van der Waals surface area contributed by atoms with Crippen molar-refractivity contribution < 1.29 is 9.53 Å². The number of carbonyl (C=O) groups excluding carboxylic acids is 1. The van der Waals surface area contributed by atoms with E-state index in [1.165, 1.54) is 16.2 Å². The summed E-state index contributed by atoms with van der Waals surface area (Å²) in [6, 6.07) is 13.4. The zero-order valence-corrected chi connectivity index (χ0v) is 20.3. The molecule has 34 heavy (non-hydrogen) atoms. The van der Waals surface area contributed by atoms with Gasteiger partial charge < -0.3 is 10.1 Å². The molecule has 2 aliphatic rings. The van der Waals surface area contributed by atoms with E-state index in [-0.39, 0.29) is 17.6 Å². The summed E-state index contributed by atoms with van der Waals surface area (Å²) in [6.07, 6.45) is 5.38. The van der Waals surface area contributed by atoms with Gasteiger partial charge in [0.25, 0.3) is 11.5 Å². The minimum Gasteiger partial charge on any atom is -0.376 e. The van der Waals surface area contributed by atoms with E-state index in [2.05, 4.69) is 5.32 Å². The predicted molar refractivity (Wildman–Crippen MR) is 139 cm³/mol. The molecule has 2 aliphatic heterocycles. The highest BCUT2D eigenvalue weighted by atomic mass is 32.2. The van der Waals surface area contributed by atoms with Gasteiger partial charge in [-0.1, -0.05) is 60.4 Å². The van der Waals surface area contributed by atoms with Gasteiger partial charge in [-0.2, -0.15) is 0 Å². The normalized spacial score (nSPS) is 19.5. The maximum absolute atomic E-state index is 13.5. The highest BCUT2D eigenvalue weighted by Crippen LogP contribution is 2.34. The number of carbonyl (C=O) groups is 1. The fourth-order valence-corrected chi connectivity index (χ4v) is 5.36. The van der Waals surface area contributed by atoms with Crippen LogP contribution in [0.3, 0.4) is 0 Å². The number of thioether (sulfide) groups is 1. The molecule has 0 bridgehead atoms. The molecular formula is C25H24N4O3S2. The number of pyridine rings is 1. The fourth-order valence-electron chi connectivity index (χ4n) is 4.13. The molecule has 0 unspecified atom stereocenters. The molecular weight excluding hydrogens is 468 g/mol. The predicted octanol–water partition coefficient (Wildman–Crippen LogP) is 4.00. The highest BCUT2D eigenvalue weighted by molar-refractivity contribution is 8.26. The Morgan fingerprint density at radius 1 is 1.24 bits per heavy atom. The molecule has 2 fully saturated rings. The summed E-state index contributed by atoms with van der Waals surface area (Å²) in [6.45, 7) is 3.60. The van der Waals surface area contributed by atoms with E-state index < -0.39 is 0 Å². The molecule has 1 aromatic carbocycles. The summed E-state index contributed by atoms with van der Waals surface area (Å²) < 4.78 is 7.71. The maximum Gasteiger partial charge on any atom is 0.267 e. The second kappa shape index (κ2) is 9.69. The molecule has 9 heteroatoms. The van der Waals surface area contributed by atoms with Gasteiger partial charge in [0.15, 0.2) is 0 Å². The average molecular weight is 493 g/mol. The van der Waals surface area contributed by atoms with Gasteiger partial charge in [0, 0.05) is 19.3 Å². The lowest BCUT2D eigenvalue weighted by molar-refractivity contribution is -0.122. The van der Waals surface area contributed by atoms with Crippen molar-refractivity contribution in [3.8, 4) is 0 Å². The van der Waals surface area contributed by atoms with Crippen LogP contribution in [0.15, 0.2) is 58.4 Å². The molecule has 4 heterocycles. The largest absolute Gasteiger partial charge is 0.376 e. The number of fused-ring (bicyclic) bond motifs is 1. The van der Waals surface area contributed by atoms with Crippen LogP contribution >= 0.6 is 24.0 Å². The second-order valence-corrected chi connectivity index (χ2v) is 10.0. The van der Waals surface area contributed by atoms with Crippen molar-refractivity contribution in [3.63, 3.8) is 0 Å². The number of nitrogens with zero attached hydrogens (tertiary/aromatic N) is 3. The summed E-state index contributed by atoms with van der Waals surface area (Å²) in [5.41, 5.74) is 2.55. The topological polar surface area (TPSA) is 75.9 Å². The average Bonchev–Trinajstić information content (AvgIpc) is 3.45. The summed E-state index contributed by atoms with van der Waals surface area (Å²) in [4.78, 5) is 33.4. The molecule has 7 nitrogen and oxygen atoms in total. The highest BCUT2D eigenvalue weighted by Gasteiger charge is 2.32. The summed E-state index contributed by atoms with van der Waals surface area (Å²) >= 11 is 6.70. The van der Waals surface area contributed by atoms with Crippen molar-refractivity contribution in [3.05, 3.63) is 80.6 Å². The Bertz CT molecular complexity index is 1350. The lowest BCUT2D eigenvalue weighted by atomic mass is 10.2. The molecule has 2 aromatic heterocycles. The number of nitrogens with one attached hydrogen (secondary N) is 1. The Balaban J connectivity index is 1.52. The van der Waals surface area contributed by atoms with Crippen LogP contribution < -0.4 is 10.9 Å². The van der Waals surface area contributed by atoms with E-state index >= 15 is 0 Å². The Labute approximate surface area is 206 Å². The Morgan fingerprint density at radius 3 is 2.82 bits per heavy atom. The van der Waals surface area contributed by atoms with E-state index in [0.29, 0.717) is 39.3 Å². The number of thiocarbonyl (C=S) groups is 1. The number of hydrogen-bond donors (Lipinski definition) is 1. The third-order valence-corrected chi connectivity index (χ3v) is 7.32. The molecule has 3 aromatic rings. The molecule has 0 aliphatic carbocycles. The molecule has 1 atom stereocenters. The molecule has 0 radical (unpaired) electrons. The molecule has 1 N–H and O–H groups in total. The van der Waals surface area contributed by atoms with Crippen LogP contribution in [0.2, 0.25) is 0 Å². The number of amides is 1.